The fourth-order valence-corrected chi connectivity index (χ4v) is 2.61. The molecule has 0 aliphatic rings. The average molecular weight is 310 g/mol. The predicted octanol–water partition coefficient (Wildman–Crippen LogP) is 2.01. The number of sulfone groups is 1. The maximum Gasteiger partial charge on any atom is 0.416 e. The quantitative estimate of drug-likeness (QED) is 0.798. The lowest BCUT2D eigenvalue weighted by molar-refractivity contribution is -0.142. The van der Waals surface area contributed by atoms with E-state index in [9.17, 15) is 26.4 Å². The molecule has 1 atom stereocenters. The second-order valence-electron chi connectivity index (χ2n) is 4.29. The van der Waals surface area contributed by atoms with Gasteiger partial charge in [0.25, 0.3) is 0 Å². The van der Waals surface area contributed by atoms with Crippen LogP contribution in [0.25, 0.3) is 0 Å². The monoisotopic (exact) mass is 310 g/mol. The molecule has 112 valence electrons. The third kappa shape index (κ3) is 4.52. The van der Waals surface area contributed by atoms with Crippen LogP contribution in [0.5, 0.6) is 0 Å². The molecular weight excluding hydrogens is 297 g/mol. The summed E-state index contributed by atoms with van der Waals surface area (Å²) in [5, 5.41) is 0. The maximum absolute atomic E-state index is 12.6. The minimum atomic E-state index is -4.57. The summed E-state index contributed by atoms with van der Waals surface area (Å²) >= 11 is 0. The highest BCUT2D eigenvalue weighted by atomic mass is 32.2. The lowest BCUT2D eigenvalue weighted by atomic mass is 9.99. The van der Waals surface area contributed by atoms with Crippen molar-refractivity contribution in [3.05, 3.63) is 35.4 Å². The number of benzene rings is 1. The lowest BCUT2D eigenvalue weighted by Gasteiger charge is -2.16. The number of rotatable bonds is 4. The van der Waals surface area contributed by atoms with E-state index in [1.807, 2.05) is 0 Å². The molecule has 0 aromatic heterocycles. The first-order chi connectivity index (χ1) is 9.04. The highest BCUT2D eigenvalue weighted by Crippen LogP contribution is 2.31. The summed E-state index contributed by atoms with van der Waals surface area (Å²) in [4.78, 5) is 11.6. The summed E-state index contributed by atoms with van der Waals surface area (Å²) in [5.74, 6) is -2.78. The summed E-state index contributed by atoms with van der Waals surface area (Å²) in [6.45, 7) is 0. The molecule has 0 spiro atoms. The van der Waals surface area contributed by atoms with Gasteiger partial charge in [-0.1, -0.05) is 18.2 Å². The second-order valence-corrected chi connectivity index (χ2v) is 6.48. The molecule has 1 aromatic rings. The maximum atomic E-state index is 12.6. The molecule has 0 aliphatic carbocycles. The van der Waals surface area contributed by atoms with Crippen LogP contribution in [0.4, 0.5) is 13.2 Å². The molecule has 4 nitrogen and oxygen atoms in total. The standard InChI is InChI=1S/C12H13F3O4S/c1-19-11(16)10(7-20(2,17)18)8-4-3-5-9(6-8)12(13,14)15/h3-6,10H,7H2,1-2H3. The number of ether oxygens (including phenoxy) is 1. The van der Waals surface area contributed by atoms with Gasteiger partial charge in [-0.25, -0.2) is 8.42 Å². The molecule has 1 rings (SSSR count). The second kappa shape index (κ2) is 5.82. The van der Waals surface area contributed by atoms with Crippen LogP contribution < -0.4 is 0 Å². The highest BCUT2D eigenvalue weighted by molar-refractivity contribution is 7.90. The highest BCUT2D eigenvalue weighted by Gasteiger charge is 2.33. The van der Waals surface area contributed by atoms with Gasteiger partial charge in [0.1, 0.15) is 9.84 Å². The van der Waals surface area contributed by atoms with Crippen molar-refractivity contribution >= 4 is 15.8 Å². The Morgan fingerprint density at radius 2 is 1.95 bits per heavy atom. The molecule has 0 heterocycles. The van der Waals surface area contributed by atoms with Crippen LogP contribution in [0, 0.1) is 0 Å². The zero-order chi connectivity index (χ0) is 15.6. The van der Waals surface area contributed by atoms with Crippen molar-refractivity contribution in [2.75, 3.05) is 19.1 Å². The Kier molecular flexibility index (Phi) is 4.80. The molecule has 8 heteroatoms. The third-order valence-corrected chi connectivity index (χ3v) is 3.51. The van der Waals surface area contributed by atoms with Crippen LogP contribution in [0.15, 0.2) is 24.3 Å². The van der Waals surface area contributed by atoms with Gasteiger partial charge < -0.3 is 4.74 Å². The Morgan fingerprint density at radius 3 is 2.40 bits per heavy atom. The minimum absolute atomic E-state index is 0.0444. The van der Waals surface area contributed by atoms with E-state index in [1.165, 1.54) is 6.07 Å². The molecule has 0 aliphatic heterocycles. The van der Waals surface area contributed by atoms with E-state index in [1.54, 1.807) is 0 Å². The van der Waals surface area contributed by atoms with Crippen molar-refractivity contribution < 1.29 is 31.1 Å². The van der Waals surface area contributed by atoms with Crippen molar-refractivity contribution in [2.45, 2.75) is 12.1 Å². The number of carbonyl (C=O) groups excluding carboxylic acids is 1. The number of hydrogen-bond donors (Lipinski definition) is 0. The molecule has 0 radical (unpaired) electrons. The van der Waals surface area contributed by atoms with Gasteiger partial charge in [-0.05, 0) is 11.6 Å². The van der Waals surface area contributed by atoms with Gasteiger partial charge >= 0.3 is 12.1 Å². The average Bonchev–Trinajstić information content (AvgIpc) is 2.33. The van der Waals surface area contributed by atoms with E-state index in [0.717, 1.165) is 31.6 Å². The van der Waals surface area contributed by atoms with Crippen molar-refractivity contribution in [1.82, 2.24) is 0 Å². The number of methoxy groups -OCH3 is 1. The third-order valence-electron chi connectivity index (χ3n) is 2.57. The summed E-state index contributed by atoms with van der Waals surface area (Å²) in [6, 6.07) is 3.99. The van der Waals surface area contributed by atoms with Gasteiger partial charge in [0.05, 0.1) is 24.3 Å². The van der Waals surface area contributed by atoms with Gasteiger partial charge in [0, 0.05) is 6.26 Å². The minimum Gasteiger partial charge on any atom is -0.469 e. The van der Waals surface area contributed by atoms with Gasteiger partial charge in [0.2, 0.25) is 0 Å². The van der Waals surface area contributed by atoms with Crippen molar-refractivity contribution in [1.29, 1.82) is 0 Å². The molecule has 0 saturated carbocycles. The number of alkyl halides is 3. The molecular formula is C12H13F3O4S. The van der Waals surface area contributed by atoms with E-state index in [2.05, 4.69) is 4.74 Å². The van der Waals surface area contributed by atoms with Crippen LogP contribution in [0.1, 0.15) is 17.0 Å². The number of hydrogen-bond acceptors (Lipinski definition) is 4. The molecule has 0 fully saturated rings. The molecule has 1 unspecified atom stereocenters. The summed E-state index contributed by atoms with van der Waals surface area (Å²) in [6.07, 6.45) is -3.67. The number of carbonyl (C=O) groups is 1. The molecule has 1 aromatic carbocycles. The predicted molar refractivity (Wildman–Crippen MR) is 65.9 cm³/mol. The number of esters is 1. The van der Waals surface area contributed by atoms with Crippen LogP contribution in [-0.4, -0.2) is 33.5 Å². The normalized spacial score (nSPS) is 13.8. The van der Waals surface area contributed by atoms with Gasteiger partial charge in [0.15, 0.2) is 0 Å². The van der Waals surface area contributed by atoms with Crippen molar-refractivity contribution in [3.63, 3.8) is 0 Å². The van der Waals surface area contributed by atoms with Gasteiger partial charge in [-0.15, -0.1) is 0 Å². The Morgan fingerprint density at radius 1 is 1.35 bits per heavy atom. The van der Waals surface area contributed by atoms with E-state index < -0.39 is 39.2 Å². The fourth-order valence-electron chi connectivity index (χ4n) is 1.68. The zero-order valence-electron chi connectivity index (χ0n) is 10.8. The smallest absolute Gasteiger partial charge is 0.416 e. The number of halogens is 3. The molecule has 0 bridgehead atoms. The van der Waals surface area contributed by atoms with Crippen LogP contribution >= 0.6 is 0 Å². The van der Waals surface area contributed by atoms with Crippen molar-refractivity contribution in [3.8, 4) is 0 Å². The summed E-state index contributed by atoms with van der Waals surface area (Å²) in [5.41, 5.74) is -0.991. The molecule has 0 amide bonds. The van der Waals surface area contributed by atoms with Gasteiger partial charge in [-0.3, -0.25) is 4.79 Å². The SMILES string of the molecule is COC(=O)C(CS(C)(=O)=O)c1cccc(C(F)(F)F)c1. The summed E-state index contributed by atoms with van der Waals surface area (Å²) in [7, 11) is -2.51. The van der Waals surface area contributed by atoms with Crippen LogP contribution in [0.2, 0.25) is 0 Å². The van der Waals surface area contributed by atoms with Gasteiger partial charge in [-0.2, -0.15) is 13.2 Å². The van der Waals surface area contributed by atoms with E-state index in [-0.39, 0.29) is 5.56 Å². The van der Waals surface area contributed by atoms with Crippen LogP contribution in [-0.2, 0) is 25.5 Å². The molecule has 20 heavy (non-hydrogen) atoms. The van der Waals surface area contributed by atoms with E-state index >= 15 is 0 Å². The first kappa shape index (κ1) is 16.5. The van der Waals surface area contributed by atoms with E-state index in [4.69, 9.17) is 0 Å². The summed E-state index contributed by atoms with van der Waals surface area (Å²) < 4.78 is 64.9. The van der Waals surface area contributed by atoms with Crippen LogP contribution in [0.3, 0.4) is 0 Å². The Labute approximate surface area is 114 Å². The zero-order valence-corrected chi connectivity index (χ0v) is 11.6. The molecule has 0 N–H and O–H groups in total. The lowest BCUT2D eigenvalue weighted by Crippen LogP contribution is -2.23. The Balaban J connectivity index is 3.24. The first-order valence-corrected chi connectivity index (χ1v) is 7.53. The van der Waals surface area contributed by atoms with E-state index in [0.29, 0.717) is 0 Å². The largest absolute Gasteiger partial charge is 0.469 e. The van der Waals surface area contributed by atoms with Crippen molar-refractivity contribution in [2.24, 2.45) is 0 Å². The fraction of sp³-hybridized carbons (Fsp3) is 0.417. The molecule has 0 saturated heterocycles. The first-order valence-electron chi connectivity index (χ1n) is 5.47. The Hall–Kier alpha value is -1.57. The topological polar surface area (TPSA) is 60.4 Å². The Bertz CT molecular complexity index is 593.